The van der Waals surface area contributed by atoms with Crippen LogP contribution in [0.5, 0.6) is 0 Å². The number of hydrogen-bond donors (Lipinski definition) is 3. The van der Waals surface area contributed by atoms with Gasteiger partial charge in [-0.25, -0.2) is 9.89 Å². The molecule has 1 aliphatic carbocycles. The lowest BCUT2D eigenvalue weighted by molar-refractivity contribution is -0.143. The number of nitrogens with two attached hydrogens (primary N) is 1. The molecule has 7 nitrogen and oxygen atoms in total. The molecular formula is C9H14N4O3S. The Balaban J connectivity index is 2.08. The van der Waals surface area contributed by atoms with Crippen LogP contribution in [0.4, 0.5) is 0 Å². The molecule has 1 unspecified atom stereocenters. The van der Waals surface area contributed by atoms with Gasteiger partial charge in [-0.15, -0.1) is 5.10 Å². The quantitative estimate of drug-likeness (QED) is 0.607. The second kappa shape index (κ2) is 4.19. The Hall–Kier alpha value is -1.28. The van der Waals surface area contributed by atoms with Crippen LogP contribution in [0.25, 0.3) is 0 Å². The summed E-state index contributed by atoms with van der Waals surface area (Å²) < 4.78 is 1.33. The maximum Gasteiger partial charge on any atom is 0.343 e. The van der Waals surface area contributed by atoms with Crippen molar-refractivity contribution in [1.82, 2.24) is 14.8 Å². The smallest absolute Gasteiger partial charge is 0.343 e. The zero-order valence-corrected chi connectivity index (χ0v) is 10.2. The maximum atomic E-state index is 11.2. The summed E-state index contributed by atoms with van der Waals surface area (Å²) in [5, 5.41) is 15.7. The van der Waals surface area contributed by atoms with Gasteiger partial charge in [-0.2, -0.15) is 0 Å². The molecule has 4 N–H and O–H groups in total. The minimum absolute atomic E-state index is 0.0310. The molecule has 94 valence electrons. The molecule has 1 aromatic rings. The van der Waals surface area contributed by atoms with Gasteiger partial charge < -0.3 is 10.8 Å². The lowest BCUT2D eigenvalue weighted by Gasteiger charge is -2.23. The first kappa shape index (κ1) is 12.2. The van der Waals surface area contributed by atoms with Gasteiger partial charge in [0.05, 0.1) is 0 Å². The van der Waals surface area contributed by atoms with Crippen LogP contribution in [0.15, 0.2) is 9.95 Å². The Labute approximate surface area is 101 Å². The van der Waals surface area contributed by atoms with E-state index in [0.717, 1.165) is 12.8 Å². The van der Waals surface area contributed by atoms with Gasteiger partial charge in [0.1, 0.15) is 5.54 Å². The fourth-order valence-corrected chi connectivity index (χ4v) is 2.71. The van der Waals surface area contributed by atoms with E-state index >= 15 is 0 Å². The summed E-state index contributed by atoms with van der Waals surface area (Å²) in [5.74, 6) is -0.748. The molecule has 0 saturated heterocycles. The van der Waals surface area contributed by atoms with Crippen molar-refractivity contribution >= 4 is 17.7 Å². The van der Waals surface area contributed by atoms with Crippen molar-refractivity contribution in [2.24, 2.45) is 18.7 Å². The van der Waals surface area contributed by atoms with Crippen LogP contribution in [0.1, 0.15) is 12.8 Å². The van der Waals surface area contributed by atoms with E-state index in [0.29, 0.717) is 5.16 Å². The Kier molecular flexibility index (Phi) is 3.00. The number of carboxylic acids is 1. The first-order valence-corrected chi connectivity index (χ1v) is 6.20. The molecule has 0 spiro atoms. The van der Waals surface area contributed by atoms with E-state index in [9.17, 15) is 9.59 Å². The van der Waals surface area contributed by atoms with Crippen LogP contribution in [0.2, 0.25) is 0 Å². The molecule has 0 amide bonds. The lowest BCUT2D eigenvalue weighted by atomic mass is 9.98. The van der Waals surface area contributed by atoms with Gasteiger partial charge >= 0.3 is 11.7 Å². The number of carboxylic acid groups (broad SMARTS) is 1. The Morgan fingerprint density at radius 3 is 2.82 bits per heavy atom. The number of aliphatic carboxylic acids is 1. The van der Waals surface area contributed by atoms with Crippen molar-refractivity contribution in [1.29, 1.82) is 0 Å². The Bertz CT molecular complexity index is 493. The summed E-state index contributed by atoms with van der Waals surface area (Å²) in [5.41, 5.74) is 4.36. The highest BCUT2D eigenvalue weighted by Gasteiger charge is 2.48. The lowest BCUT2D eigenvalue weighted by Crippen LogP contribution is -2.52. The molecule has 1 aliphatic rings. The third-order valence-corrected chi connectivity index (χ3v) is 4.23. The summed E-state index contributed by atoms with van der Waals surface area (Å²) in [6.45, 7) is 0. The molecule has 8 heteroatoms. The molecule has 1 saturated carbocycles. The van der Waals surface area contributed by atoms with Gasteiger partial charge in [-0.3, -0.25) is 9.36 Å². The van der Waals surface area contributed by atoms with E-state index in [1.165, 1.54) is 16.3 Å². The molecule has 0 aromatic carbocycles. The number of thioether (sulfide) groups is 1. The van der Waals surface area contributed by atoms with Crippen molar-refractivity contribution < 1.29 is 9.90 Å². The largest absolute Gasteiger partial charge is 0.480 e. The Morgan fingerprint density at radius 1 is 1.76 bits per heavy atom. The zero-order chi connectivity index (χ0) is 12.6. The third kappa shape index (κ3) is 2.22. The van der Waals surface area contributed by atoms with Crippen molar-refractivity contribution in [2.45, 2.75) is 23.5 Å². The van der Waals surface area contributed by atoms with Crippen LogP contribution in [0, 0.1) is 5.92 Å². The third-order valence-electron chi connectivity index (χ3n) is 2.98. The van der Waals surface area contributed by atoms with Gasteiger partial charge in [-0.1, -0.05) is 11.8 Å². The molecule has 0 radical (unpaired) electrons. The van der Waals surface area contributed by atoms with Gasteiger partial charge in [-0.05, 0) is 18.8 Å². The van der Waals surface area contributed by atoms with Gasteiger partial charge in [0, 0.05) is 12.8 Å². The average molecular weight is 258 g/mol. The minimum Gasteiger partial charge on any atom is -0.480 e. The second-order valence-corrected chi connectivity index (χ2v) is 5.22. The number of aromatic amines is 1. The number of nitrogens with one attached hydrogen (secondary N) is 1. The highest BCUT2D eigenvalue weighted by molar-refractivity contribution is 7.99. The SMILES string of the molecule is Cn1c(SCC(N)(C(=O)O)C2CC2)n[nH]c1=O. The summed E-state index contributed by atoms with van der Waals surface area (Å²) >= 11 is 1.19. The van der Waals surface area contributed by atoms with Gasteiger partial charge in [0.25, 0.3) is 0 Å². The second-order valence-electron chi connectivity index (χ2n) is 4.28. The predicted octanol–water partition coefficient (Wildman–Crippen LogP) is -0.607. The number of carbonyl (C=O) groups is 1. The molecule has 1 fully saturated rings. The number of hydrogen-bond acceptors (Lipinski definition) is 5. The van der Waals surface area contributed by atoms with E-state index in [1.807, 2.05) is 0 Å². The van der Waals surface area contributed by atoms with E-state index in [2.05, 4.69) is 10.2 Å². The van der Waals surface area contributed by atoms with Crippen molar-refractivity contribution in [2.75, 3.05) is 5.75 Å². The Morgan fingerprint density at radius 2 is 2.41 bits per heavy atom. The van der Waals surface area contributed by atoms with Crippen LogP contribution in [-0.2, 0) is 11.8 Å². The molecule has 17 heavy (non-hydrogen) atoms. The molecule has 2 rings (SSSR count). The topological polar surface area (TPSA) is 114 Å². The molecule has 1 aromatic heterocycles. The number of rotatable bonds is 5. The molecule has 1 heterocycles. The first-order chi connectivity index (χ1) is 7.95. The van der Waals surface area contributed by atoms with Crippen LogP contribution in [0.3, 0.4) is 0 Å². The highest BCUT2D eigenvalue weighted by atomic mass is 32.2. The monoisotopic (exact) mass is 258 g/mol. The molecular weight excluding hydrogens is 244 g/mol. The fraction of sp³-hybridized carbons (Fsp3) is 0.667. The summed E-state index contributed by atoms with van der Waals surface area (Å²) in [6, 6.07) is 0. The van der Waals surface area contributed by atoms with Crippen molar-refractivity contribution in [3.05, 3.63) is 10.5 Å². The average Bonchev–Trinajstić information content (AvgIpc) is 3.07. The normalized spacial score (nSPS) is 18.9. The van der Waals surface area contributed by atoms with Crippen molar-refractivity contribution in [3.63, 3.8) is 0 Å². The number of nitrogens with zero attached hydrogens (tertiary/aromatic N) is 2. The fourth-order valence-electron chi connectivity index (χ4n) is 1.60. The van der Waals surface area contributed by atoms with Crippen LogP contribution < -0.4 is 11.4 Å². The summed E-state index contributed by atoms with van der Waals surface area (Å²) in [6.07, 6.45) is 1.70. The maximum absolute atomic E-state index is 11.2. The van der Waals surface area contributed by atoms with E-state index in [4.69, 9.17) is 10.8 Å². The minimum atomic E-state index is -1.22. The summed E-state index contributed by atoms with van der Waals surface area (Å²) in [4.78, 5) is 22.3. The summed E-state index contributed by atoms with van der Waals surface area (Å²) in [7, 11) is 1.57. The van der Waals surface area contributed by atoms with Gasteiger partial charge in [0.15, 0.2) is 5.16 Å². The van der Waals surface area contributed by atoms with E-state index in [-0.39, 0.29) is 17.4 Å². The molecule has 0 bridgehead atoms. The van der Waals surface area contributed by atoms with Crippen molar-refractivity contribution in [3.8, 4) is 0 Å². The van der Waals surface area contributed by atoms with E-state index < -0.39 is 11.5 Å². The number of aromatic nitrogens is 3. The standard InChI is InChI=1S/C9H14N4O3S/c1-13-7(16)11-12-8(13)17-4-9(10,6(14)15)5-2-3-5/h5H,2-4,10H2,1H3,(H,11,16)(H,14,15). The number of H-pyrrole nitrogens is 1. The zero-order valence-electron chi connectivity index (χ0n) is 9.34. The molecule has 1 atom stereocenters. The molecule has 0 aliphatic heterocycles. The van der Waals surface area contributed by atoms with E-state index in [1.54, 1.807) is 7.05 Å². The predicted molar refractivity (Wildman–Crippen MR) is 61.8 cm³/mol. The first-order valence-electron chi connectivity index (χ1n) is 5.21. The van der Waals surface area contributed by atoms with Gasteiger partial charge in [0.2, 0.25) is 0 Å². The highest BCUT2D eigenvalue weighted by Crippen LogP contribution is 2.40. The van der Waals surface area contributed by atoms with Crippen LogP contribution in [-0.4, -0.2) is 37.1 Å². The van der Waals surface area contributed by atoms with Crippen LogP contribution >= 0.6 is 11.8 Å².